The van der Waals surface area contributed by atoms with Gasteiger partial charge < -0.3 is 26.8 Å². The number of amides is 2. The molecule has 1 atom stereocenters. The molecule has 7 heteroatoms. The number of rotatable bonds is 14. The average Bonchev–Trinajstić information content (AvgIpc) is 3.05. The summed E-state index contributed by atoms with van der Waals surface area (Å²) in [7, 11) is 0. The molecule has 61 heavy (non-hydrogen) atoms. The van der Waals surface area contributed by atoms with E-state index in [1.165, 1.54) is 0 Å². The van der Waals surface area contributed by atoms with Gasteiger partial charge in [-0.1, -0.05) is 149 Å². The van der Waals surface area contributed by atoms with Gasteiger partial charge in [0.2, 0.25) is 11.8 Å². The predicted molar refractivity (Wildman–Crippen MR) is 256 cm³/mol. The molecule has 0 aliphatic rings. The van der Waals surface area contributed by atoms with Crippen LogP contribution in [0.25, 0.3) is 0 Å². The molecule has 3 aromatic carbocycles. The van der Waals surface area contributed by atoms with Gasteiger partial charge in [0, 0.05) is 24.0 Å². The lowest BCUT2D eigenvalue weighted by Gasteiger charge is -2.33. The molecule has 0 bridgehead atoms. The molecular formula is C54H84N2O5. The molecule has 340 valence electrons. The second-order valence-electron chi connectivity index (χ2n) is 24.1. The van der Waals surface area contributed by atoms with Crippen LogP contribution in [0.1, 0.15) is 224 Å². The van der Waals surface area contributed by atoms with E-state index in [9.17, 15) is 24.9 Å². The number of carbonyl (C=O) groups is 2. The lowest BCUT2D eigenvalue weighted by Crippen LogP contribution is -2.22. The van der Waals surface area contributed by atoms with Gasteiger partial charge in [0.1, 0.15) is 17.2 Å². The van der Waals surface area contributed by atoms with E-state index in [4.69, 9.17) is 11.5 Å². The van der Waals surface area contributed by atoms with Gasteiger partial charge in [0.15, 0.2) is 0 Å². The van der Waals surface area contributed by atoms with Gasteiger partial charge in [-0.2, -0.15) is 0 Å². The minimum Gasteiger partial charge on any atom is -0.507 e. The van der Waals surface area contributed by atoms with Crippen molar-refractivity contribution in [1.29, 1.82) is 0 Å². The van der Waals surface area contributed by atoms with Gasteiger partial charge in [-0.3, -0.25) is 9.59 Å². The predicted octanol–water partition coefficient (Wildman–Crippen LogP) is 12.2. The molecule has 0 saturated heterocycles. The topological polar surface area (TPSA) is 147 Å². The van der Waals surface area contributed by atoms with Crippen molar-refractivity contribution >= 4 is 11.8 Å². The molecule has 2 amide bonds. The van der Waals surface area contributed by atoms with Crippen LogP contribution in [0.5, 0.6) is 17.2 Å². The number of benzene rings is 3. The quantitative estimate of drug-likeness (QED) is 0.110. The lowest BCUT2D eigenvalue weighted by atomic mass is 9.72. The Labute approximate surface area is 370 Å². The summed E-state index contributed by atoms with van der Waals surface area (Å²) in [5.74, 6) is 0.342. The van der Waals surface area contributed by atoms with Crippen molar-refractivity contribution in [2.24, 2.45) is 11.5 Å². The highest BCUT2D eigenvalue weighted by Crippen LogP contribution is 2.47. The second-order valence-corrected chi connectivity index (χ2v) is 24.1. The first kappa shape index (κ1) is 51.4. The monoisotopic (exact) mass is 841 g/mol. The zero-order chi connectivity index (χ0) is 47.0. The molecular weight excluding hydrogens is 757 g/mol. The number of nitrogens with two attached hydrogens (primary N) is 2. The Hall–Kier alpha value is -4.00. The first-order valence-electron chi connectivity index (χ1n) is 22.7. The van der Waals surface area contributed by atoms with Gasteiger partial charge in [-0.25, -0.2) is 0 Å². The number of carbonyl (C=O) groups excluding carboxylic acids is 2. The molecule has 0 spiro atoms. The van der Waals surface area contributed by atoms with Crippen molar-refractivity contribution in [1.82, 2.24) is 0 Å². The van der Waals surface area contributed by atoms with Crippen molar-refractivity contribution in [3.63, 3.8) is 0 Å². The number of hydrogen-bond donors (Lipinski definition) is 5. The Kier molecular flexibility index (Phi) is 15.5. The van der Waals surface area contributed by atoms with E-state index in [1.54, 1.807) is 0 Å². The number of aromatic hydroxyl groups is 3. The second kappa shape index (κ2) is 18.4. The maximum absolute atomic E-state index is 12.2. The number of phenols is 3. The standard InChI is InChI=1S/C54H84N2O5/c1-49(2,3)38-30-35(31-39(46(38)59)50(4,5)6)32(22-25-37-34(24-27-43(56)58)29-41(52(10,11)12)48(61)45(37)54(16,17)18)20-19-21-36-33(23-26-42(55)57)28-40(51(7,8)9)47(60)44(36)53(13,14)15/h28-32,59-61H,19-27H2,1-18H3,(H2,55,57)(H2,56,58). The number of phenolic OH excluding ortho intramolecular Hbond substituents is 3. The van der Waals surface area contributed by atoms with Crippen LogP contribution in [0.15, 0.2) is 24.3 Å². The zero-order valence-electron chi connectivity index (χ0n) is 41.6. The fraction of sp³-hybridized carbons (Fsp3) is 0.630. The van der Waals surface area contributed by atoms with Crippen LogP contribution < -0.4 is 11.5 Å². The highest BCUT2D eigenvalue weighted by Gasteiger charge is 2.34. The van der Waals surface area contributed by atoms with E-state index in [1.807, 2.05) is 0 Å². The third-order valence-corrected chi connectivity index (χ3v) is 12.3. The summed E-state index contributed by atoms with van der Waals surface area (Å²) in [5, 5.41) is 35.9. The highest BCUT2D eigenvalue weighted by molar-refractivity contribution is 5.74. The van der Waals surface area contributed by atoms with E-state index >= 15 is 0 Å². The molecule has 0 fully saturated rings. The summed E-state index contributed by atoms with van der Waals surface area (Å²) >= 11 is 0. The fourth-order valence-electron chi connectivity index (χ4n) is 9.19. The van der Waals surface area contributed by atoms with Crippen molar-refractivity contribution in [2.45, 2.75) is 221 Å². The molecule has 1 unspecified atom stereocenters. The molecule has 0 aliphatic carbocycles. The van der Waals surface area contributed by atoms with Crippen LogP contribution in [0.4, 0.5) is 0 Å². The molecule has 0 saturated carbocycles. The highest BCUT2D eigenvalue weighted by atomic mass is 16.3. The third-order valence-electron chi connectivity index (χ3n) is 12.3. The van der Waals surface area contributed by atoms with Gasteiger partial charge in [0.25, 0.3) is 0 Å². The van der Waals surface area contributed by atoms with E-state index in [2.05, 4.69) is 149 Å². The van der Waals surface area contributed by atoms with E-state index in [0.717, 1.165) is 80.5 Å². The third kappa shape index (κ3) is 12.8. The summed E-state index contributed by atoms with van der Waals surface area (Å²) in [6.45, 7) is 38.3. The number of aryl methyl sites for hydroxylation is 2. The summed E-state index contributed by atoms with van der Waals surface area (Å²) in [5.41, 5.74) is 20.3. The Balaban J connectivity index is 2.35. The summed E-state index contributed by atoms with van der Waals surface area (Å²) < 4.78 is 0. The fourth-order valence-corrected chi connectivity index (χ4v) is 9.19. The minimum atomic E-state index is -0.388. The van der Waals surface area contributed by atoms with Crippen molar-refractivity contribution in [2.75, 3.05) is 0 Å². The molecule has 3 rings (SSSR count). The van der Waals surface area contributed by atoms with Crippen LogP contribution in [0.3, 0.4) is 0 Å². The normalized spacial score (nSPS) is 13.7. The van der Waals surface area contributed by atoms with Gasteiger partial charge in [-0.15, -0.1) is 0 Å². The SMILES string of the molecule is CC(C)(C)c1cc(C(CCCc2c(CCC(N)=O)cc(C(C)(C)C)c(O)c2C(C)(C)C)CCc2c(CCC(N)=O)cc(C(C)(C)C)c(O)c2C(C)(C)C)cc(C(C)(C)C)c1O. The van der Waals surface area contributed by atoms with Crippen LogP contribution in [0, 0.1) is 0 Å². The largest absolute Gasteiger partial charge is 0.507 e. The maximum Gasteiger partial charge on any atom is 0.217 e. The van der Waals surface area contributed by atoms with Gasteiger partial charge >= 0.3 is 0 Å². The van der Waals surface area contributed by atoms with Crippen LogP contribution >= 0.6 is 0 Å². The van der Waals surface area contributed by atoms with E-state index < -0.39 is 0 Å². The Bertz CT molecular complexity index is 2030. The van der Waals surface area contributed by atoms with Crippen LogP contribution in [-0.4, -0.2) is 27.1 Å². The Morgan fingerprint density at radius 2 is 0.787 bits per heavy atom. The van der Waals surface area contributed by atoms with Gasteiger partial charge in [-0.05, 0) is 133 Å². The Morgan fingerprint density at radius 1 is 0.459 bits per heavy atom. The zero-order valence-corrected chi connectivity index (χ0v) is 41.6. The molecule has 3 aromatic rings. The van der Waals surface area contributed by atoms with E-state index in [0.29, 0.717) is 42.9 Å². The summed E-state index contributed by atoms with van der Waals surface area (Å²) in [6, 6.07) is 8.61. The first-order chi connectivity index (χ1) is 27.5. The van der Waals surface area contributed by atoms with Crippen LogP contribution in [0.2, 0.25) is 0 Å². The molecule has 0 aromatic heterocycles. The van der Waals surface area contributed by atoms with Crippen molar-refractivity contribution < 1.29 is 24.9 Å². The van der Waals surface area contributed by atoms with Crippen molar-refractivity contribution in [3.05, 3.63) is 85.5 Å². The minimum absolute atomic E-state index is 0.0543. The number of primary amides is 2. The molecule has 7 nitrogen and oxygen atoms in total. The molecule has 0 radical (unpaired) electrons. The van der Waals surface area contributed by atoms with E-state index in [-0.39, 0.29) is 63.1 Å². The summed E-state index contributed by atoms with van der Waals surface area (Å²) in [4.78, 5) is 24.4. The number of hydrogen-bond acceptors (Lipinski definition) is 5. The van der Waals surface area contributed by atoms with Crippen LogP contribution in [-0.2, 0) is 67.8 Å². The Morgan fingerprint density at radius 3 is 1.10 bits per heavy atom. The van der Waals surface area contributed by atoms with Gasteiger partial charge in [0.05, 0.1) is 0 Å². The maximum atomic E-state index is 12.2. The first-order valence-corrected chi connectivity index (χ1v) is 22.7. The van der Waals surface area contributed by atoms with Crippen molar-refractivity contribution in [3.8, 4) is 17.2 Å². The molecule has 0 heterocycles. The molecule has 7 N–H and O–H groups in total. The smallest absolute Gasteiger partial charge is 0.217 e. The average molecular weight is 841 g/mol. The lowest BCUT2D eigenvalue weighted by molar-refractivity contribution is -0.118. The molecule has 0 aliphatic heterocycles. The summed E-state index contributed by atoms with van der Waals surface area (Å²) in [6.07, 6.45) is 5.16.